The Labute approximate surface area is 127 Å². The molecule has 0 fully saturated rings. The van der Waals surface area contributed by atoms with Crippen molar-refractivity contribution in [3.63, 3.8) is 0 Å². The third kappa shape index (κ3) is 3.35. The topological polar surface area (TPSA) is 29.1 Å². The molecule has 2 aromatic carbocycles. The first-order chi connectivity index (χ1) is 9.09. The Balaban J connectivity index is 2.10. The molecule has 0 aliphatic carbocycles. The number of nitrogens with one attached hydrogen (secondary N) is 1. The van der Waals surface area contributed by atoms with Gasteiger partial charge in [-0.3, -0.25) is 4.79 Å². The summed E-state index contributed by atoms with van der Waals surface area (Å²) in [4.78, 5) is 12.2. The number of hydrogen-bond donors (Lipinski definition) is 1. The van der Waals surface area contributed by atoms with E-state index in [4.69, 9.17) is 0 Å². The highest BCUT2D eigenvalue weighted by atomic mass is 127. The summed E-state index contributed by atoms with van der Waals surface area (Å²) in [6.45, 7) is 4.63. The largest absolute Gasteiger partial charge is 0.348 e. The number of benzene rings is 2. The van der Waals surface area contributed by atoms with Crippen LogP contribution < -0.4 is 5.32 Å². The third-order valence-corrected chi connectivity index (χ3v) is 4.57. The summed E-state index contributed by atoms with van der Waals surface area (Å²) < 4.78 is 1.02. The van der Waals surface area contributed by atoms with E-state index in [0.717, 1.165) is 20.3 Å². The van der Waals surface area contributed by atoms with Gasteiger partial charge in [0.1, 0.15) is 0 Å². The second-order valence-corrected chi connectivity index (χ2v) is 5.62. The quantitative estimate of drug-likeness (QED) is 0.823. The minimum Gasteiger partial charge on any atom is -0.348 e. The highest BCUT2D eigenvalue weighted by Gasteiger charge is 2.10. The summed E-state index contributed by atoms with van der Waals surface area (Å²) in [5.74, 6) is -0.0173. The van der Waals surface area contributed by atoms with E-state index in [1.54, 1.807) is 0 Å². The Morgan fingerprint density at radius 1 is 1.05 bits per heavy atom. The van der Waals surface area contributed by atoms with Crippen molar-refractivity contribution in [2.45, 2.75) is 20.4 Å². The number of carbonyl (C=O) groups is 1. The van der Waals surface area contributed by atoms with E-state index >= 15 is 0 Å². The number of halogens is 1. The summed E-state index contributed by atoms with van der Waals surface area (Å²) in [6, 6.07) is 13.9. The van der Waals surface area contributed by atoms with Gasteiger partial charge in [-0.15, -0.1) is 0 Å². The van der Waals surface area contributed by atoms with Crippen LogP contribution in [0.3, 0.4) is 0 Å². The lowest BCUT2D eigenvalue weighted by molar-refractivity contribution is 0.0950. The van der Waals surface area contributed by atoms with Crippen LogP contribution in [0.2, 0.25) is 0 Å². The Morgan fingerprint density at radius 2 is 1.74 bits per heavy atom. The molecule has 1 amide bonds. The van der Waals surface area contributed by atoms with Gasteiger partial charge in [0.05, 0.1) is 5.56 Å². The van der Waals surface area contributed by atoms with Crippen LogP contribution in [0.25, 0.3) is 0 Å². The van der Waals surface area contributed by atoms with Crippen molar-refractivity contribution in [2.24, 2.45) is 0 Å². The lowest BCUT2D eigenvalue weighted by Crippen LogP contribution is -2.24. The Morgan fingerprint density at radius 3 is 2.47 bits per heavy atom. The zero-order valence-electron chi connectivity index (χ0n) is 11.0. The molecule has 2 nitrogen and oxygen atoms in total. The summed E-state index contributed by atoms with van der Waals surface area (Å²) in [7, 11) is 0. The molecule has 0 spiro atoms. The molecule has 0 unspecified atom stereocenters. The van der Waals surface area contributed by atoms with Gasteiger partial charge in [0.2, 0.25) is 0 Å². The smallest absolute Gasteiger partial charge is 0.252 e. The van der Waals surface area contributed by atoms with Crippen molar-refractivity contribution in [2.75, 3.05) is 0 Å². The lowest BCUT2D eigenvalue weighted by atomic mass is 10.1. The van der Waals surface area contributed by atoms with Gasteiger partial charge in [-0.2, -0.15) is 0 Å². The van der Waals surface area contributed by atoms with Crippen LogP contribution in [0.15, 0.2) is 42.5 Å². The van der Waals surface area contributed by atoms with Crippen molar-refractivity contribution in [1.82, 2.24) is 5.32 Å². The second kappa shape index (κ2) is 6.19. The first-order valence-corrected chi connectivity index (χ1v) is 7.25. The summed E-state index contributed by atoms with van der Waals surface area (Å²) in [5.41, 5.74) is 4.22. The first kappa shape index (κ1) is 14.1. The van der Waals surface area contributed by atoms with Crippen LogP contribution in [0, 0.1) is 17.4 Å². The van der Waals surface area contributed by atoms with Crippen LogP contribution >= 0.6 is 22.6 Å². The average Bonchev–Trinajstić information content (AvgIpc) is 2.40. The molecule has 0 saturated carbocycles. The molecule has 0 saturated heterocycles. The fraction of sp³-hybridized carbons (Fsp3) is 0.188. The second-order valence-electron chi connectivity index (χ2n) is 4.55. The van der Waals surface area contributed by atoms with Gasteiger partial charge in [0, 0.05) is 10.1 Å². The monoisotopic (exact) mass is 365 g/mol. The van der Waals surface area contributed by atoms with E-state index < -0.39 is 0 Å². The van der Waals surface area contributed by atoms with Gasteiger partial charge < -0.3 is 5.32 Å². The minimum absolute atomic E-state index is 0.0173. The maximum atomic E-state index is 12.2. The van der Waals surface area contributed by atoms with Crippen molar-refractivity contribution >= 4 is 28.5 Å². The van der Waals surface area contributed by atoms with Gasteiger partial charge in [-0.1, -0.05) is 36.4 Å². The van der Waals surface area contributed by atoms with E-state index in [1.165, 1.54) is 5.56 Å². The molecule has 3 heteroatoms. The van der Waals surface area contributed by atoms with E-state index in [1.807, 2.05) is 43.3 Å². The standard InChI is InChI=1S/C16H16INO/c1-11-6-3-4-8-13(11)10-18-16(19)14-9-5-7-12(2)15(14)17/h3-9H,10H2,1-2H3,(H,18,19). The number of amides is 1. The third-order valence-electron chi connectivity index (χ3n) is 3.14. The number of hydrogen-bond acceptors (Lipinski definition) is 1. The molecule has 0 aromatic heterocycles. The zero-order valence-corrected chi connectivity index (χ0v) is 13.2. The molecule has 19 heavy (non-hydrogen) atoms. The summed E-state index contributed by atoms with van der Waals surface area (Å²) in [5, 5.41) is 2.98. The Hall–Kier alpha value is -1.36. The number of carbonyl (C=O) groups excluding carboxylic acids is 1. The molecule has 0 bridgehead atoms. The van der Waals surface area contributed by atoms with Crippen molar-refractivity contribution in [3.8, 4) is 0 Å². The van der Waals surface area contributed by atoms with Gasteiger partial charge in [-0.25, -0.2) is 0 Å². The van der Waals surface area contributed by atoms with Crippen LogP contribution in [0.1, 0.15) is 27.0 Å². The number of rotatable bonds is 3. The van der Waals surface area contributed by atoms with Crippen molar-refractivity contribution in [3.05, 3.63) is 68.3 Å². The fourth-order valence-corrected chi connectivity index (χ4v) is 2.51. The van der Waals surface area contributed by atoms with Crippen LogP contribution in [-0.2, 0) is 6.54 Å². The first-order valence-electron chi connectivity index (χ1n) is 6.17. The normalized spacial score (nSPS) is 10.3. The SMILES string of the molecule is Cc1ccccc1CNC(=O)c1cccc(C)c1I. The number of aryl methyl sites for hydroxylation is 2. The van der Waals surface area contributed by atoms with Crippen molar-refractivity contribution < 1.29 is 4.79 Å². The lowest BCUT2D eigenvalue weighted by Gasteiger charge is -2.10. The average molecular weight is 365 g/mol. The fourth-order valence-electron chi connectivity index (χ4n) is 1.90. The summed E-state index contributed by atoms with van der Waals surface area (Å²) >= 11 is 2.22. The maximum Gasteiger partial charge on any atom is 0.252 e. The van der Waals surface area contributed by atoms with Gasteiger partial charge in [0.15, 0.2) is 0 Å². The van der Waals surface area contributed by atoms with Crippen LogP contribution in [0.5, 0.6) is 0 Å². The highest BCUT2D eigenvalue weighted by Crippen LogP contribution is 2.16. The molecule has 2 rings (SSSR count). The van der Waals surface area contributed by atoms with Gasteiger partial charge in [0.25, 0.3) is 5.91 Å². The molecule has 0 aliphatic heterocycles. The van der Waals surface area contributed by atoms with E-state index in [0.29, 0.717) is 6.54 Å². The molecule has 1 N–H and O–H groups in total. The van der Waals surface area contributed by atoms with Crippen molar-refractivity contribution in [1.29, 1.82) is 0 Å². The Bertz CT molecular complexity index is 607. The van der Waals surface area contributed by atoms with E-state index in [-0.39, 0.29) is 5.91 Å². The predicted molar refractivity (Wildman–Crippen MR) is 86.2 cm³/mol. The molecule has 2 aromatic rings. The minimum atomic E-state index is -0.0173. The molecule has 0 atom stereocenters. The van der Waals surface area contributed by atoms with Gasteiger partial charge in [-0.05, 0) is 59.2 Å². The molecule has 98 valence electrons. The molecular weight excluding hydrogens is 349 g/mol. The van der Waals surface area contributed by atoms with Gasteiger partial charge >= 0.3 is 0 Å². The maximum absolute atomic E-state index is 12.2. The van der Waals surface area contributed by atoms with Crippen LogP contribution in [0.4, 0.5) is 0 Å². The predicted octanol–water partition coefficient (Wildman–Crippen LogP) is 3.84. The highest BCUT2D eigenvalue weighted by molar-refractivity contribution is 14.1. The molecule has 0 radical (unpaired) electrons. The molecular formula is C16H16INO. The van der Waals surface area contributed by atoms with Crippen LogP contribution in [-0.4, -0.2) is 5.91 Å². The van der Waals surface area contributed by atoms with E-state index in [9.17, 15) is 4.79 Å². The van der Waals surface area contributed by atoms with E-state index in [2.05, 4.69) is 40.9 Å². The molecule has 0 aliphatic rings. The Kier molecular flexibility index (Phi) is 4.58. The zero-order chi connectivity index (χ0) is 13.8. The molecule has 0 heterocycles. The summed E-state index contributed by atoms with van der Waals surface area (Å²) in [6.07, 6.45) is 0.